The highest BCUT2D eigenvalue weighted by atomic mass is 19.4. The highest BCUT2D eigenvalue weighted by Gasteiger charge is 2.29. The van der Waals surface area contributed by atoms with Gasteiger partial charge in [0, 0.05) is 6.54 Å². The molecular formula is C5H9BF6N-. The second kappa shape index (κ2) is 4.21. The van der Waals surface area contributed by atoms with Gasteiger partial charge in [0.1, 0.15) is 0 Å². The highest BCUT2D eigenvalue weighted by Crippen LogP contribution is 2.20. The average molecular weight is 208 g/mol. The van der Waals surface area contributed by atoms with Gasteiger partial charge in [-0.05, 0) is 13.5 Å². The van der Waals surface area contributed by atoms with Gasteiger partial charge in [0.2, 0.25) is 0 Å². The van der Waals surface area contributed by atoms with Crippen LogP contribution in [0.1, 0.15) is 6.42 Å². The van der Waals surface area contributed by atoms with Crippen LogP contribution in [-0.4, -0.2) is 38.1 Å². The zero-order valence-electron chi connectivity index (χ0n) is 6.91. The van der Waals surface area contributed by atoms with E-state index in [1.165, 1.54) is 0 Å². The van der Waals surface area contributed by atoms with Gasteiger partial charge in [-0.1, -0.05) is 0 Å². The smallest absolute Gasteiger partial charge is 0.448 e. The van der Waals surface area contributed by atoms with E-state index in [2.05, 4.69) is 0 Å². The van der Waals surface area contributed by atoms with E-state index in [1.54, 1.807) is 0 Å². The molecule has 0 bridgehead atoms. The fraction of sp³-hybridized carbons (Fsp3) is 1.00. The van der Waals surface area contributed by atoms with Crippen LogP contribution in [0.2, 0.25) is 0 Å². The topological polar surface area (TPSA) is 3.24 Å². The van der Waals surface area contributed by atoms with Crippen molar-refractivity contribution in [3.05, 3.63) is 0 Å². The summed E-state index contributed by atoms with van der Waals surface area (Å²) in [4.78, 5) is 0.619. The van der Waals surface area contributed by atoms with Crippen LogP contribution in [0.15, 0.2) is 0 Å². The van der Waals surface area contributed by atoms with Crippen LogP contribution in [0.25, 0.3) is 0 Å². The molecule has 0 heterocycles. The first-order valence-electron chi connectivity index (χ1n) is 3.56. The van der Waals surface area contributed by atoms with Gasteiger partial charge in [0.15, 0.2) is 0 Å². The molecular weight excluding hydrogens is 199 g/mol. The minimum atomic E-state index is -5.04. The maximum Gasteiger partial charge on any atom is 0.492 e. The summed E-state index contributed by atoms with van der Waals surface area (Å²) in [6.07, 6.45) is -6.86. The zero-order chi connectivity index (χ0) is 10.7. The summed E-state index contributed by atoms with van der Waals surface area (Å²) in [6.45, 7) is -5.66. The van der Waals surface area contributed by atoms with Crippen molar-refractivity contribution < 1.29 is 26.1 Å². The predicted molar refractivity (Wildman–Crippen MR) is 37.2 cm³/mol. The van der Waals surface area contributed by atoms with Gasteiger partial charge in [0.25, 0.3) is 0 Å². The molecule has 80 valence electrons. The van der Waals surface area contributed by atoms with Crippen molar-refractivity contribution in [2.75, 3.05) is 20.0 Å². The molecule has 0 aliphatic rings. The summed E-state index contributed by atoms with van der Waals surface area (Å²) < 4.78 is 69.6. The predicted octanol–water partition coefficient (Wildman–Crippen LogP) is 2.26. The van der Waals surface area contributed by atoms with E-state index in [9.17, 15) is 26.1 Å². The minimum absolute atomic E-state index is 0.619. The molecule has 13 heavy (non-hydrogen) atoms. The van der Waals surface area contributed by atoms with Crippen LogP contribution >= 0.6 is 0 Å². The van der Waals surface area contributed by atoms with E-state index in [0.717, 1.165) is 7.05 Å². The normalized spacial score (nSPS) is 13.8. The molecule has 0 amide bonds. The Bertz CT molecular complexity index is 152. The lowest BCUT2D eigenvalue weighted by molar-refractivity contribution is -0.137. The maximum absolute atomic E-state index is 11.7. The van der Waals surface area contributed by atoms with E-state index in [-0.39, 0.29) is 0 Å². The lowest BCUT2D eigenvalue weighted by Gasteiger charge is -2.23. The van der Waals surface area contributed by atoms with Crippen LogP contribution < -0.4 is 0 Å². The Kier molecular flexibility index (Phi) is 4.08. The Morgan fingerprint density at radius 3 is 1.92 bits per heavy atom. The number of hydrogen-bond donors (Lipinski definition) is 0. The molecule has 8 heteroatoms. The molecule has 0 saturated carbocycles. The van der Waals surface area contributed by atoms with E-state index in [0.29, 0.717) is 4.90 Å². The first-order valence-corrected chi connectivity index (χ1v) is 3.56. The Labute approximate surface area is 71.8 Å². The van der Waals surface area contributed by atoms with Crippen molar-refractivity contribution in [1.29, 1.82) is 0 Å². The van der Waals surface area contributed by atoms with E-state index in [4.69, 9.17) is 0 Å². The molecule has 0 aliphatic heterocycles. The zero-order valence-corrected chi connectivity index (χ0v) is 6.91. The minimum Gasteiger partial charge on any atom is -0.448 e. The number of rotatable bonds is 4. The molecule has 0 aromatic heterocycles. The van der Waals surface area contributed by atoms with E-state index >= 15 is 0 Å². The van der Waals surface area contributed by atoms with Crippen molar-refractivity contribution in [1.82, 2.24) is 4.90 Å². The molecule has 0 radical (unpaired) electrons. The Morgan fingerprint density at radius 1 is 1.15 bits per heavy atom. The molecule has 0 unspecified atom stereocenters. The quantitative estimate of drug-likeness (QED) is 0.505. The number of halogens is 6. The fourth-order valence-corrected chi connectivity index (χ4v) is 0.762. The van der Waals surface area contributed by atoms with Crippen molar-refractivity contribution >= 4 is 6.98 Å². The molecule has 0 N–H and O–H groups in total. The SMILES string of the molecule is CN(CCC(F)(F)F)C[B-](F)(F)F. The molecule has 0 atom stereocenters. The van der Waals surface area contributed by atoms with E-state index in [1.807, 2.05) is 0 Å². The lowest BCUT2D eigenvalue weighted by Crippen LogP contribution is -2.37. The van der Waals surface area contributed by atoms with Crippen LogP contribution in [0.4, 0.5) is 26.1 Å². The van der Waals surface area contributed by atoms with Crippen molar-refractivity contribution in [3.63, 3.8) is 0 Å². The number of nitrogens with zero attached hydrogens (tertiary/aromatic N) is 1. The van der Waals surface area contributed by atoms with Crippen molar-refractivity contribution in [3.8, 4) is 0 Å². The molecule has 0 saturated heterocycles. The van der Waals surface area contributed by atoms with Crippen LogP contribution in [0.5, 0.6) is 0 Å². The average Bonchev–Trinajstić information content (AvgIpc) is 1.78. The Hall–Kier alpha value is -0.395. The Balaban J connectivity index is 3.70. The van der Waals surface area contributed by atoms with Crippen LogP contribution in [-0.2, 0) is 0 Å². The summed E-state index contributed by atoms with van der Waals surface area (Å²) in [5.41, 5.74) is 0. The largest absolute Gasteiger partial charge is 0.492 e. The van der Waals surface area contributed by atoms with Gasteiger partial charge >= 0.3 is 13.2 Å². The van der Waals surface area contributed by atoms with E-state index < -0.39 is 32.6 Å². The lowest BCUT2D eigenvalue weighted by atomic mass is 9.91. The standard InChI is InChI=1S/C5H9BF6N/c1-13(4-6(10,11)12)3-2-5(7,8)9/h2-4H2,1H3/q-1. The van der Waals surface area contributed by atoms with Crippen molar-refractivity contribution in [2.24, 2.45) is 0 Å². The number of alkyl halides is 3. The first kappa shape index (κ1) is 12.6. The molecule has 0 aliphatic carbocycles. The van der Waals surface area contributed by atoms with Gasteiger partial charge < -0.3 is 17.8 Å². The summed E-state index contributed by atoms with van der Waals surface area (Å²) >= 11 is 0. The first-order chi connectivity index (χ1) is 5.60. The van der Waals surface area contributed by atoms with Gasteiger partial charge in [-0.2, -0.15) is 13.2 Å². The monoisotopic (exact) mass is 208 g/mol. The molecule has 0 spiro atoms. The van der Waals surface area contributed by atoms with Gasteiger partial charge in [-0.25, -0.2) is 0 Å². The second-order valence-electron chi connectivity index (χ2n) is 2.84. The maximum atomic E-state index is 11.7. The molecule has 0 aromatic carbocycles. The van der Waals surface area contributed by atoms with Gasteiger partial charge in [-0.15, -0.1) is 0 Å². The van der Waals surface area contributed by atoms with Gasteiger partial charge in [-0.3, -0.25) is 0 Å². The second-order valence-corrected chi connectivity index (χ2v) is 2.84. The van der Waals surface area contributed by atoms with Gasteiger partial charge in [0.05, 0.1) is 6.42 Å². The number of hydrogen-bond acceptors (Lipinski definition) is 1. The molecule has 0 rings (SSSR count). The summed E-state index contributed by atoms with van der Waals surface area (Å²) in [5.74, 6) is 0. The molecule has 0 aromatic rings. The molecule has 1 nitrogen and oxygen atoms in total. The summed E-state index contributed by atoms with van der Waals surface area (Å²) in [7, 11) is 1.01. The third-order valence-electron chi connectivity index (χ3n) is 1.30. The summed E-state index contributed by atoms with van der Waals surface area (Å²) in [5, 5.41) is 0. The molecule has 0 fully saturated rings. The Morgan fingerprint density at radius 2 is 1.62 bits per heavy atom. The fourth-order valence-electron chi connectivity index (χ4n) is 0.762. The highest BCUT2D eigenvalue weighted by molar-refractivity contribution is 6.58. The van der Waals surface area contributed by atoms with Crippen molar-refractivity contribution in [2.45, 2.75) is 12.6 Å². The summed E-state index contributed by atoms with van der Waals surface area (Å²) in [6, 6.07) is 0. The third kappa shape index (κ3) is 9.52. The third-order valence-corrected chi connectivity index (χ3v) is 1.30. The van der Waals surface area contributed by atoms with Crippen LogP contribution in [0.3, 0.4) is 0 Å². The van der Waals surface area contributed by atoms with Crippen LogP contribution in [0, 0.1) is 0 Å².